The van der Waals surface area contributed by atoms with Crippen molar-refractivity contribution >= 4 is 29.0 Å². The lowest BCUT2D eigenvalue weighted by molar-refractivity contribution is -0.115. The molecule has 0 saturated heterocycles. The van der Waals surface area contributed by atoms with Crippen molar-refractivity contribution in [1.82, 2.24) is 5.32 Å². The molecule has 2 heterocycles. The predicted octanol–water partition coefficient (Wildman–Crippen LogP) is 5.43. The van der Waals surface area contributed by atoms with Gasteiger partial charge < -0.3 is 5.32 Å². The van der Waals surface area contributed by atoms with E-state index in [1.54, 1.807) is 11.3 Å². The number of thiophene rings is 1. The van der Waals surface area contributed by atoms with E-state index in [1.165, 1.54) is 31.2 Å². The molecule has 3 heteroatoms. The summed E-state index contributed by atoms with van der Waals surface area (Å²) in [6, 6.07) is 12.6. The Bertz CT molecular complexity index is 739. The third-order valence-corrected chi connectivity index (χ3v) is 5.05. The Balaban J connectivity index is 1.67. The van der Waals surface area contributed by atoms with Crippen molar-refractivity contribution in [3.8, 4) is 0 Å². The summed E-state index contributed by atoms with van der Waals surface area (Å²) in [4.78, 5) is 13.2. The standard InChI is InChI=1S/C21H23NOS/c1-2-3-4-5-7-16-9-11-17(12-10-16)20-15-18(21(23)22-20)14-19-8-6-13-24-19/h6,8-15H,2-5,7H2,1H3,(H,22,23). The maximum absolute atomic E-state index is 12.1. The third-order valence-electron chi connectivity index (χ3n) is 4.24. The van der Waals surface area contributed by atoms with Crippen molar-refractivity contribution < 1.29 is 4.79 Å². The van der Waals surface area contributed by atoms with Crippen LogP contribution in [0.3, 0.4) is 0 Å². The van der Waals surface area contributed by atoms with Gasteiger partial charge in [0.05, 0.1) is 0 Å². The van der Waals surface area contributed by atoms with Crippen molar-refractivity contribution in [1.29, 1.82) is 0 Å². The van der Waals surface area contributed by atoms with E-state index >= 15 is 0 Å². The fraction of sp³-hybridized carbons (Fsp3) is 0.286. The minimum absolute atomic E-state index is 0.0259. The Morgan fingerprint density at radius 2 is 1.92 bits per heavy atom. The minimum Gasteiger partial charge on any atom is -0.321 e. The van der Waals surface area contributed by atoms with E-state index in [4.69, 9.17) is 0 Å². The first kappa shape index (κ1) is 16.7. The Hall–Kier alpha value is -2.13. The lowest BCUT2D eigenvalue weighted by Crippen LogP contribution is -2.15. The van der Waals surface area contributed by atoms with E-state index in [9.17, 15) is 4.79 Å². The number of nitrogens with one attached hydrogen (secondary N) is 1. The van der Waals surface area contributed by atoms with Gasteiger partial charge in [0.15, 0.2) is 0 Å². The van der Waals surface area contributed by atoms with Crippen LogP contribution in [0.5, 0.6) is 0 Å². The van der Waals surface area contributed by atoms with E-state index in [2.05, 4.69) is 36.5 Å². The highest BCUT2D eigenvalue weighted by atomic mass is 32.1. The van der Waals surface area contributed by atoms with Crippen LogP contribution in [-0.4, -0.2) is 5.91 Å². The molecule has 0 spiro atoms. The monoisotopic (exact) mass is 337 g/mol. The van der Waals surface area contributed by atoms with Crippen molar-refractivity contribution in [3.63, 3.8) is 0 Å². The number of hydrogen-bond acceptors (Lipinski definition) is 2. The van der Waals surface area contributed by atoms with Crippen LogP contribution in [0, 0.1) is 0 Å². The van der Waals surface area contributed by atoms with Crippen molar-refractivity contribution in [2.75, 3.05) is 0 Å². The van der Waals surface area contributed by atoms with Crippen molar-refractivity contribution in [2.45, 2.75) is 39.0 Å². The Morgan fingerprint density at radius 3 is 2.62 bits per heavy atom. The topological polar surface area (TPSA) is 29.1 Å². The van der Waals surface area contributed by atoms with Crippen molar-refractivity contribution in [2.24, 2.45) is 0 Å². The average Bonchev–Trinajstić information content (AvgIpc) is 3.23. The summed E-state index contributed by atoms with van der Waals surface area (Å²) in [7, 11) is 0. The summed E-state index contributed by atoms with van der Waals surface area (Å²) in [5.74, 6) is -0.0259. The molecule has 1 aliphatic heterocycles. The van der Waals surface area contributed by atoms with Crippen LogP contribution in [-0.2, 0) is 11.2 Å². The number of amides is 1. The second-order valence-corrected chi connectivity index (χ2v) is 7.11. The molecule has 2 nitrogen and oxygen atoms in total. The Morgan fingerprint density at radius 1 is 1.08 bits per heavy atom. The normalized spacial score (nSPS) is 15.6. The third kappa shape index (κ3) is 4.24. The molecule has 124 valence electrons. The van der Waals surface area contributed by atoms with Crippen LogP contribution < -0.4 is 5.32 Å². The maximum Gasteiger partial charge on any atom is 0.255 e. The summed E-state index contributed by atoms with van der Waals surface area (Å²) in [5.41, 5.74) is 4.04. The molecule has 24 heavy (non-hydrogen) atoms. The van der Waals surface area contributed by atoms with Crippen LogP contribution in [0.15, 0.2) is 53.4 Å². The first-order chi connectivity index (χ1) is 11.8. The van der Waals surface area contributed by atoms with Crippen molar-refractivity contribution in [3.05, 3.63) is 69.4 Å². The molecule has 0 fully saturated rings. The first-order valence-corrected chi connectivity index (χ1v) is 9.52. The molecule has 1 aromatic heterocycles. The second kappa shape index (κ2) is 8.11. The largest absolute Gasteiger partial charge is 0.321 e. The minimum atomic E-state index is -0.0259. The van der Waals surface area contributed by atoms with Gasteiger partial charge in [0, 0.05) is 16.1 Å². The predicted molar refractivity (Wildman–Crippen MR) is 103 cm³/mol. The van der Waals surface area contributed by atoms with E-state index in [-0.39, 0.29) is 5.91 Å². The highest BCUT2D eigenvalue weighted by molar-refractivity contribution is 7.10. The number of unbranched alkanes of at least 4 members (excludes halogenated alkanes) is 3. The van der Waals surface area contributed by atoms with Crippen LogP contribution in [0.25, 0.3) is 11.8 Å². The number of rotatable bonds is 7. The van der Waals surface area contributed by atoms with Gasteiger partial charge in [-0.25, -0.2) is 0 Å². The molecule has 1 amide bonds. The van der Waals surface area contributed by atoms with Gasteiger partial charge in [-0.1, -0.05) is 56.5 Å². The number of hydrogen-bond donors (Lipinski definition) is 1. The summed E-state index contributed by atoms with van der Waals surface area (Å²) < 4.78 is 0. The number of carbonyl (C=O) groups is 1. The van der Waals surface area contributed by atoms with E-state index in [0.29, 0.717) is 0 Å². The summed E-state index contributed by atoms with van der Waals surface area (Å²) >= 11 is 1.64. The fourth-order valence-corrected chi connectivity index (χ4v) is 3.51. The molecule has 1 aromatic carbocycles. The van der Waals surface area contributed by atoms with Gasteiger partial charge in [-0.05, 0) is 47.6 Å². The molecule has 0 saturated carbocycles. The molecule has 0 unspecified atom stereocenters. The molecule has 0 bridgehead atoms. The summed E-state index contributed by atoms with van der Waals surface area (Å²) in [6.07, 6.45) is 10.2. The quantitative estimate of drug-likeness (QED) is 0.530. The highest BCUT2D eigenvalue weighted by Crippen LogP contribution is 2.24. The smallest absolute Gasteiger partial charge is 0.255 e. The van der Waals surface area contributed by atoms with Gasteiger partial charge >= 0.3 is 0 Å². The molecule has 3 rings (SSSR count). The zero-order chi connectivity index (χ0) is 16.8. The highest BCUT2D eigenvalue weighted by Gasteiger charge is 2.19. The molecular weight excluding hydrogens is 314 g/mol. The summed E-state index contributed by atoms with van der Waals surface area (Å²) in [5, 5.41) is 4.99. The molecule has 1 aliphatic rings. The first-order valence-electron chi connectivity index (χ1n) is 8.64. The molecule has 0 aliphatic carbocycles. The maximum atomic E-state index is 12.1. The molecule has 1 N–H and O–H groups in total. The van der Waals surface area contributed by atoms with Gasteiger partial charge in [0.2, 0.25) is 0 Å². The van der Waals surface area contributed by atoms with Crippen LogP contribution in [0.4, 0.5) is 0 Å². The number of aryl methyl sites for hydroxylation is 1. The zero-order valence-electron chi connectivity index (χ0n) is 14.0. The Labute approximate surface area is 147 Å². The lowest BCUT2D eigenvalue weighted by Gasteiger charge is -2.05. The van der Waals surface area contributed by atoms with Gasteiger partial charge in [-0.2, -0.15) is 0 Å². The van der Waals surface area contributed by atoms with Gasteiger partial charge in [0.25, 0.3) is 5.91 Å². The Kier molecular flexibility index (Phi) is 5.65. The number of carbonyl (C=O) groups excluding carboxylic acids is 1. The van der Waals surface area contributed by atoms with E-state index < -0.39 is 0 Å². The van der Waals surface area contributed by atoms with Gasteiger partial charge in [-0.3, -0.25) is 4.79 Å². The molecular formula is C21H23NOS. The molecule has 0 atom stereocenters. The van der Waals surface area contributed by atoms with E-state index in [0.717, 1.165) is 28.1 Å². The molecule has 0 radical (unpaired) electrons. The second-order valence-electron chi connectivity index (χ2n) is 6.13. The van der Waals surface area contributed by atoms with Crippen LogP contribution in [0.2, 0.25) is 0 Å². The summed E-state index contributed by atoms with van der Waals surface area (Å²) in [6.45, 7) is 2.24. The van der Waals surface area contributed by atoms with E-state index in [1.807, 2.05) is 29.7 Å². The fourth-order valence-electron chi connectivity index (χ4n) is 2.85. The SMILES string of the molecule is CCCCCCc1ccc(C2=CC(=Cc3cccs3)C(=O)N2)cc1. The zero-order valence-corrected chi connectivity index (χ0v) is 14.9. The van der Waals surface area contributed by atoms with Crippen LogP contribution >= 0.6 is 11.3 Å². The average molecular weight is 337 g/mol. The van der Waals surface area contributed by atoms with Gasteiger partial charge in [0.1, 0.15) is 0 Å². The number of benzene rings is 1. The molecule has 2 aromatic rings. The lowest BCUT2D eigenvalue weighted by atomic mass is 10.0. The van der Waals surface area contributed by atoms with Crippen LogP contribution in [0.1, 0.15) is 48.6 Å². The van der Waals surface area contributed by atoms with Gasteiger partial charge in [-0.15, -0.1) is 11.3 Å².